The molecular weight excluding hydrogens is 949 g/mol. The molecule has 2 amide bonds. The van der Waals surface area contributed by atoms with E-state index in [2.05, 4.69) is 40.6 Å². The zero-order valence-corrected chi connectivity index (χ0v) is 38.6. The van der Waals surface area contributed by atoms with Crippen molar-refractivity contribution >= 4 is 57.2 Å². The summed E-state index contributed by atoms with van der Waals surface area (Å²) in [6.45, 7) is 5.76. The second kappa shape index (κ2) is 29.3. The van der Waals surface area contributed by atoms with Crippen molar-refractivity contribution in [3.8, 4) is 11.8 Å². The molecule has 27 nitrogen and oxygen atoms in total. The summed E-state index contributed by atoms with van der Waals surface area (Å²) in [7, 11) is -13.8. The minimum absolute atomic E-state index is 0.103. The fourth-order valence-corrected chi connectivity index (χ4v) is 10.1. The molecule has 0 saturated carbocycles. The SMILES string of the molecule is CC(C)(CCOC(=O)NCCOCCOCCN)SSCOCCCCOC(=O)NCC#Cc1cn([C@H]2C[C@H](OCN)[C@@H](COP(=O)(O)OP(=O)(O)OP(=O)(O)O)O2)c(=O)[nH]c1=O. The number of ether oxygens (including phenoxy) is 7. The Morgan fingerprint density at radius 3 is 2.32 bits per heavy atom. The molecule has 1 fully saturated rings. The number of amides is 2. The predicted octanol–water partition coefficient (Wildman–Crippen LogP) is 0.569. The molecule has 0 radical (unpaired) electrons. The first-order valence-corrected chi connectivity index (χ1v) is 25.6. The average molecular weight is 1000 g/mol. The second-order valence-electron chi connectivity index (χ2n) is 13.1. The molecule has 1 saturated heterocycles. The monoisotopic (exact) mass is 1000 g/mol. The van der Waals surface area contributed by atoms with E-state index >= 15 is 0 Å². The minimum atomic E-state index is -5.78. The Morgan fingerprint density at radius 2 is 1.62 bits per heavy atom. The molecule has 2 unspecified atom stereocenters. The summed E-state index contributed by atoms with van der Waals surface area (Å²) in [5, 5.41) is 5.03. The molecule has 0 aromatic carbocycles. The predicted molar refractivity (Wildman–Crippen MR) is 224 cm³/mol. The van der Waals surface area contributed by atoms with E-state index in [9.17, 15) is 42.7 Å². The van der Waals surface area contributed by atoms with Gasteiger partial charge in [-0.1, -0.05) is 33.4 Å². The highest BCUT2D eigenvalue weighted by Crippen LogP contribution is 2.66. The molecule has 362 valence electrons. The van der Waals surface area contributed by atoms with Crippen molar-refractivity contribution in [1.82, 2.24) is 20.2 Å². The van der Waals surface area contributed by atoms with E-state index in [1.165, 1.54) is 10.8 Å². The number of hydrogen-bond acceptors (Lipinski definition) is 21. The molecular formula is C31H55N6O21P3S2. The number of carbonyl (C=O) groups excluding carboxylic acids is 2. The number of alkyl carbamates (subject to hydrolysis) is 2. The lowest BCUT2D eigenvalue weighted by molar-refractivity contribution is -0.0602. The summed E-state index contributed by atoms with van der Waals surface area (Å²) in [5.74, 6) is 5.50. The Morgan fingerprint density at radius 1 is 0.937 bits per heavy atom. The van der Waals surface area contributed by atoms with E-state index in [0.29, 0.717) is 71.3 Å². The Labute approximate surface area is 369 Å². The lowest BCUT2D eigenvalue weighted by atomic mass is 10.1. The molecule has 0 aliphatic carbocycles. The smallest absolute Gasteiger partial charge is 0.450 e. The zero-order valence-electron chi connectivity index (χ0n) is 34.3. The normalized spacial score (nSPS) is 18.4. The van der Waals surface area contributed by atoms with Crippen molar-refractivity contribution in [2.45, 2.75) is 62.7 Å². The number of unbranched alkanes of at least 4 members (excludes halogenated alkanes) is 1. The van der Waals surface area contributed by atoms with Crippen LogP contribution in [-0.2, 0) is 60.0 Å². The van der Waals surface area contributed by atoms with Gasteiger partial charge in [0.1, 0.15) is 23.8 Å². The number of H-pyrrole nitrogens is 1. The maximum atomic E-state index is 12.6. The molecule has 32 heteroatoms. The van der Waals surface area contributed by atoms with E-state index in [4.69, 9.17) is 54.4 Å². The number of aromatic nitrogens is 2. The highest BCUT2D eigenvalue weighted by atomic mass is 33.1. The van der Waals surface area contributed by atoms with E-state index in [0.717, 1.165) is 10.8 Å². The number of nitrogens with one attached hydrogen (secondary N) is 3. The highest BCUT2D eigenvalue weighted by molar-refractivity contribution is 8.77. The van der Waals surface area contributed by atoms with Gasteiger partial charge < -0.3 is 74.8 Å². The molecule has 1 aromatic heterocycles. The third-order valence-corrected chi connectivity index (χ3v) is 14.4. The summed E-state index contributed by atoms with van der Waals surface area (Å²) in [6.07, 6.45) is -2.08. The fraction of sp³-hybridized carbons (Fsp3) is 0.742. The van der Waals surface area contributed by atoms with Gasteiger partial charge in [-0.2, -0.15) is 8.62 Å². The van der Waals surface area contributed by atoms with Crippen LogP contribution in [0.5, 0.6) is 0 Å². The molecule has 0 spiro atoms. The second-order valence-corrected chi connectivity index (χ2v) is 20.5. The first kappa shape index (κ1) is 56.7. The van der Waals surface area contributed by atoms with Gasteiger partial charge in [-0.15, -0.1) is 0 Å². The first-order valence-electron chi connectivity index (χ1n) is 18.8. The minimum Gasteiger partial charge on any atom is -0.450 e. The molecule has 0 bridgehead atoms. The summed E-state index contributed by atoms with van der Waals surface area (Å²) in [5.41, 5.74) is 8.76. The number of hydrogen-bond donors (Lipinski definition) is 9. The van der Waals surface area contributed by atoms with Gasteiger partial charge in [0.05, 0.1) is 65.6 Å². The molecule has 1 aromatic rings. The molecule has 2 rings (SSSR count). The number of nitrogens with two attached hydrogens (primary N) is 2. The summed E-state index contributed by atoms with van der Waals surface area (Å²) < 4.78 is 84.9. The van der Waals surface area contributed by atoms with Crippen LogP contribution >= 0.6 is 45.1 Å². The van der Waals surface area contributed by atoms with E-state index in [-0.39, 0.29) is 43.2 Å². The summed E-state index contributed by atoms with van der Waals surface area (Å²) >= 11 is 0. The highest BCUT2D eigenvalue weighted by Gasteiger charge is 2.43. The maximum Gasteiger partial charge on any atom is 0.490 e. The van der Waals surface area contributed by atoms with Gasteiger partial charge in [-0.3, -0.25) is 18.9 Å². The number of phosphoric ester groups is 1. The van der Waals surface area contributed by atoms with Crippen molar-refractivity contribution in [3.05, 3.63) is 32.6 Å². The molecule has 1 aliphatic heterocycles. The van der Waals surface area contributed by atoms with Crippen LogP contribution in [0.1, 0.15) is 51.3 Å². The van der Waals surface area contributed by atoms with Crippen molar-refractivity contribution < 1.29 is 89.2 Å². The first-order chi connectivity index (χ1) is 29.7. The van der Waals surface area contributed by atoms with Gasteiger partial charge in [-0.05, 0) is 33.1 Å². The zero-order chi connectivity index (χ0) is 46.9. The number of carbonyl (C=O) groups is 2. The van der Waals surface area contributed by atoms with Crippen LogP contribution in [0.4, 0.5) is 9.59 Å². The largest absolute Gasteiger partial charge is 0.490 e. The van der Waals surface area contributed by atoms with Gasteiger partial charge in [0, 0.05) is 37.1 Å². The Hall–Kier alpha value is -2.39. The number of rotatable bonds is 31. The van der Waals surface area contributed by atoms with Crippen LogP contribution < -0.4 is 33.3 Å². The third-order valence-electron chi connectivity index (χ3n) is 7.55. The standard InChI is InChI=1S/C31H55N6O21P3S2/c1-31(2,7-13-53-30(41)35-10-15-50-17-16-49-14-8-32)63-62-22-51-11-3-4-12-52-29(40)34-9-5-6-23-19-37(28(39)36-27(23)38)26-18-24(54-21-33)25(56-26)20-55-60(45,46)58-61(47,48)57-59(42,43)44/h19,24-26H,3-4,7-18,20-22,32-33H2,1-2H3,(H,34,40)(H,35,41)(H,45,46)(H,47,48)(H,36,38,39)(H2,42,43,44)/t24-,25+,26+/m0/s1. The van der Waals surface area contributed by atoms with E-state index < -0.39 is 71.9 Å². The molecule has 5 atom stereocenters. The van der Waals surface area contributed by atoms with E-state index in [1.807, 2.05) is 13.8 Å². The van der Waals surface area contributed by atoms with Gasteiger partial charge in [-0.25, -0.2) is 28.1 Å². The van der Waals surface area contributed by atoms with Crippen molar-refractivity contribution in [1.29, 1.82) is 0 Å². The van der Waals surface area contributed by atoms with Crippen LogP contribution in [-0.4, -0.2) is 143 Å². The number of nitrogens with zero attached hydrogens (tertiary/aromatic N) is 1. The van der Waals surface area contributed by atoms with Gasteiger partial charge in [0.2, 0.25) is 0 Å². The molecule has 1 aliphatic rings. The fourth-order valence-electron chi connectivity index (χ4n) is 4.75. The number of phosphoric acid groups is 3. The topological polar surface area (TPSA) is 390 Å². The summed E-state index contributed by atoms with van der Waals surface area (Å²) in [4.78, 5) is 87.6. The van der Waals surface area contributed by atoms with Crippen LogP contribution in [0.3, 0.4) is 0 Å². The third kappa shape index (κ3) is 25.8. The van der Waals surface area contributed by atoms with Crippen molar-refractivity contribution in [3.63, 3.8) is 0 Å². The quantitative estimate of drug-likeness (QED) is 0.0161. The lowest BCUT2D eigenvalue weighted by Gasteiger charge is -2.22. The van der Waals surface area contributed by atoms with Crippen molar-refractivity contribution in [2.75, 3.05) is 85.2 Å². The molecule has 11 N–H and O–H groups in total. The lowest BCUT2D eigenvalue weighted by Crippen LogP contribution is -2.34. The molecule has 2 heterocycles. The molecule has 63 heavy (non-hydrogen) atoms. The van der Waals surface area contributed by atoms with Crippen LogP contribution in [0.15, 0.2) is 15.8 Å². The average Bonchev–Trinajstić information content (AvgIpc) is 3.57. The number of aromatic amines is 1. The Bertz CT molecular complexity index is 1900. The van der Waals surface area contributed by atoms with E-state index in [1.54, 1.807) is 10.8 Å². The van der Waals surface area contributed by atoms with Gasteiger partial charge in [0.25, 0.3) is 5.56 Å². The van der Waals surface area contributed by atoms with Crippen LogP contribution in [0.25, 0.3) is 0 Å². The van der Waals surface area contributed by atoms with Crippen molar-refractivity contribution in [2.24, 2.45) is 11.5 Å². The van der Waals surface area contributed by atoms with Crippen LogP contribution in [0, 0.1) is 11.8 Å². The van der Waals surface area contributed by atoms with Crippen LogP contribution in [0.2, 0.25) is 0 Å². The van der Waals surface area contributed by atoms with Gasteiger partial charge in [0.15, 0.2) is 0 Å². The Balaban J connectivity index is 1.67. The maximum absolute atomic E-state index is 12.6. The van der Waals surface area contributed by atoms with Gasteiger partial charge >= 0.3 is 41.3 Å². The summed E-state index contributed by atoms with van der Waals surface area (Å²) in [6, 6.07) is 0. The Kier molecular flexibility index (Phi) is 26.4.